The van der Waals surface area contributed by atoms with Crippen LogP contribution in [0.1, 0.15) is 196 Å². The Morgan fingerprint density at radius 1 is 0.167 bits per heavy atom. The highest BCUT2D eigenvalue weighted by molar-refractivity contribution is 4.82. The van der Waals surface area contributed by atoms with Crippen LogP contribution in [0.5, 0.6) is 0 Å². The molecule has 0 aliphatic heterocycles. The topological polar surface area (TPSA) is 189 Å². The van der Waals surface area contributed by atoms with Crippen LogP contribution in [0, 0.1) is 71.0 Å². The summed E-state index contributed by atoms with van der Waals surface area (Å²) in [6.45, 7) is 14.6. The van der Waals surface area contributed by atoms with Gasteiger partial charge in [-0.2, -0.15) is 0 Å². The Kier molecular flexibility index (Phi) is 29.8. The summed E-state index contributed by atoms with van der Waals surface area (Å²) in [6.07, 6.45) is 36.6. The minimum absolute atomic E-state index is 0. The van der Waals surface area contributed by atoms with E-state index in [4.69, 9.17) is 0 Å². The Bertz CT molecular complexity index is 532. The summed E-state index contributed by atoms with van der Waals surface area (Å²) in [5.41, 5.74) is 0. The molecular formula is C42H90O6. The quantitative estimate of drug-likeness (QED) is 0.273. The lowest BCUT2D eigenvalue weighted by Crippen LogP contribution is -2.24. The van der Waals surface area contributed by atoms with Gasteiger partial charge in [0, 0.05) is 0 Å². The summed E-state index contributed by atoms with van der Waals surface area (Å²) >= 11 is 0. The zero-order valence-corrected chi connectivity index (χ0v) is 32.9. The fourth-order valence-corrected chi connectivity index (χ4v) is 10.5. The van der Waals surface area contributed by atoms with E-state index in [0.717, 1.165) is 71.0 Å². The molecule has 6 rings (SSSR count). The molecule has 0 bridgehead atoms. The van der Waals surface area contributed by atoms with Gasteiger partial charge in [0.25, 0.3) is 0 Å². The number of rotatable bonds is 3. The molecule has 0 aromatic heterocycles. The predicted octanol–water partition coefficient (Wildman–Crippen LogP) is 8.97. The molecule has 6 aliphatic carbocycles. The van der Waals surface area contributed by atoms with Gasteiger partial charge in [0.2, 0.25) is 0 Å². The lowest BCUT2D eigenvalue weighted by atomic mass is 9.70. The Hall–Kier alpha value is -0.240. The highest BCUT2D eigenvalue weighted by atomic mass is 16.0. The first kappa shape index (κ1) is 52.1. The van der Waals surface area contributed by atoms with E-state index < -0.39 is 0 Å². The first-order valence-electron chi connectivity index (χ1n) is 20.3. The molecular weight excluding hydrogens is 600 g/mol. The van der Waals surface area contributed by atoms with Gasteiger partial charge in [-0.1, -0.05) is 119 Å². The Morgan fingerprint density at radius 2 is 0.250 bits per heavy atom. The molecule has 12 N–H and O–H groups in total. The molecule has 0 aromatic carbocycles. The lowest BCUT2D eigenvalue weighted by molar-refractivity contribution is 0.155. The van der Waals surface area contributed by atoms with Gasteiger partial charge in [-0.3, -0.25) is 0 Å². The van der Waals surface area contributed by atoms with Gasteiger partial charge < -0.3 is 32.9 Å². The second kappa shape index (κ2) is 27.4. The zero-order valence-electron chi connectivity index (χ0n) is 32.9. The van der Waals surface area contributed by atoms with Crippen molar-refractivity contribution in [3.8, 4) is 0 Å². The first-order valence-corrected chi connectivity index (χ1v) is 20.3. The van der Waals surface area contributed by atoms with Crippen molar-refractivity contribution in [2.24, 2.45) is 71.0 Å². The molecule has 48 heavy (non-hydrogen) atoms. The van der Waals surface area contributed by atoms with Crippen molar-refractivity contribution in [1.29, 1.82) is 0 Å². The molecule has 0 amide bonds. The normalized spacial score (nSPS) is 39.4. The van der Waals surface area contributed by atoms with E-state index in [1.165, 1.54) is 77.0 Å². The SMILES string of the molecule is CC1CCC(C2CCC(C)CC2)CC1.CC1CCC(C2CCC(C)CC2)CC1.CC1CCC(C2CCC(C)CC2)CC1.O.O.O.O.O.O. The maximum Gasteiger partial charge on any atom is -0.0386 e. The van der Waals surface area contributed by atoms with E-state index in [1.54, 1.807) is 77.0 Å². The summed E-state index contributed by atoms with van der Waals surface area (Å²) < 4.78 is 0. The monoisotopic (exact) mass is 691 g/mol. The Labute approximate surface area is 299 Å². The second-order valence-corrected chi connectivity index (χ2v) is 18.1. The fraction of sp³-hybridized carbons (Fsp3) is 1.00. The van der Waals surface area contributed by atoms with E-state index in [-0.39, 0.29) is 32.9 Å². The van der Waals surface area contributed by atoms with E-state index in [2.05, 4.69) is 41.5 Å². The van der Waals surface area contributed by atoms with Gasteiger partial charge in [0.1, 0.15) is 0 Å². The van der Waals surface area contributed by atoms with Crippen LogP contribution in [-0.2, 0) is 0 Å². The van der Waals surface area contributed by atoms with Gasteiger partial charge in [-0.15, -0.1) is 0 Å². The summed E-state index contributed by atoms with van der Waals surface area (Å²) in [4.78, 5) is 0. The van der Waals surface area contributed by atoms with Crippen molar-refractivity contribution in [2.45, 2.75) is 196 Å². The fourth-order valence-electron chi connectivity index (χ4n) is 10.5. The predicted molar refractivity (Wildman–Crippen MR) is 208 cm³/mol. The third kappa shape index (κ3) is 17.8. The van der Waals surface area contributed by atoms with Gasteiger partial charge in [0.15, 0.2) is 0 Å². The molecule has 0 radical (unpaired) electrons. The van der Waals surface area contributed by atoms with E-state index in [1.807, 2.05) is 0 Å². The van der Waals surface area contributed by atoms with E-state index in [0.29, 0.717) is 0 Å². The van der Waals surface area contributed by atoms with Crippen molar-refractivity contribution in [3.63, 3.8) is 0 Å². The summed E-state index contributed by atoms with van der Waals surface area (Å²) in [7, 11) is 0. The molecule has 0 atom stereocenters. The standard InChI is InChI=1S/3C14H26.6H2O/c3*1-11-3-7-13(8-4-11)14-9-5-12(2)6-10-14;;;;;;/h3*11-14H,3-10H2,1-2H3;6*1H2. The molecule has 0 unspecified atom stereocenters. The van der Waals surface area contributed by atoms with Crippen molar-refractivity contribution >= 4 is 0 Å². The highest BCUT2D eigenvalue weighted by Gasteiger charge is 2.30. The molecule has 6 fully saturated rings. The van der Waals surface area contributed by atoms with Crippen LogP contribution in [0.3, 0.4) is 0 Å². The Balaban J connectivity index is -0.000000596. The van der Waals surface area contributed by atoms with Crippen LogP contribution < -0.4 is 0 Å². The van der Waals surface area contributed by atoms with E-state index in [9.17, 15) is 0 Å². The van der Waals surface area contributed by atoms with Crippen LogP contribution in [0.4, 0.5) is 0 Å². The maximum atomic E-state index is 2.43. The van der Waals surface area contributed by atoms with Gasteiger partial charge >= 0.3 is 0 Å². The highest BCUT2D eigenvalue weighted by Crippen LogP contribution is 2.43. The van der Waals surface area contributed by atoms with E-state index >= 15 is 0 Å². The summed E-state index contributed by atoms with van der Waals surface area (Å²) in [6, 6.07) is 0. The van der Waals surface area contributed by atoms with Crippen molar-refractivity contribution in [2.75, 3.05) is 0 Å². The van der Waals surface area contributed by atoms with Crippen molar-refractivity contribution in [3.05, 3.63) is 0 Å². The maximum absolute atomic E-state index is 2.43. The van der Waals surface area contributed by atoms with Gasteiger partial charge in [-0.05, 0) is 148 Å². The van der Waals surface area contributed by atoms with Crippen LogP contribution in [-0.4, -0.2) is 32.9 Å². The average molecular weight is 691 g/mol. The van der Waals surface area contributed by atoms with Crippen LogP contribution in [0.2, 0.25) is 0 Å². The third-order valence-electron chi connectivity index (χ3n) is 14.4. The smallest absolute Gasteiger partial charge is 0.0386 e. The lowest BCUT2D eigenvalue weighted by Gasteiger charge is -2.36. The van der Waals surface area contributed by atoms with Crippen molar-refractivity contribution < 1.29 is 32.9 Å². The summed E-state index contributed by atoms with van der Waals surface area (Å²) in [5, 5.41) is 0. The second-order valence-electron chi connectivity index (χ2n) is 18.1. The minimum atomic E-state index is 0. The van der Waals surface area contributed by atoms with Gasteiger partial charge in [-0.25, -0.2) is 0 Å². The molecule has 6 heteroatoms. The average Bonchev–Trinajstić information content (AvgIpc) is 3.01. The Morgan fingerprint density at radius 3 is 0.333 bits per heavy atom. The minimum Gasteiger partial charge on any atom is -0.412 e. The zero-order chi connectivity index (χ0) is 29.9. The molecule has 6 nitrogen and oxygen atoms in total. The molecule has 0 spiro atoms. The first-order chi connectivity index (χ1) is 20.3. The number of hydrogen-bond acceptors (Lipinski definition) is 0. The number of hydrogen-bond donors (Lipinski definition) is 0. The van der Waals surface area contributed by atoms with Crippen LogP contribution in [0.15, 0.2) is 0 Å². The molecule has 6 aliphatic rings. The molecule has 0 aromatic rings. The molecule has 294 valence electrons. The molecule has 0 heterocycles. The van der Waals surface area contributed by atoms with Crippen LogP contribution in [0.25, 0.3) is 0 Å². The third-order valence-corrected chi connectivity index (χ3v) is 14.4. The van der Waals surface area contributed by atoms with Crippen molar-refractivity contribution in [1.82, 2.24) is 0 Å². The molecule has 0 saturated heterocycles. The van der Waals surface area contributed by atoms with Crippen LogP contribution >= 0.6 is 0 Å². The summed E-state index contributed by atoms with van der Waals surface area (Å²) in [5.74, 6) is 12.8. The molecule has 6 saturated carbocycles. The van der Waals surface area contributed by atoms with Gasteiger partial charge in [0.05, 0.1) is 0 Å². The largest absolute Gasteiger partial charge is 0.412 e.